The lowest BCUT2D eigenvalue weighted by atomic mass is 9.89. The summed E-state index contributed by atoms with van der Waals surface area (Å²) in [5.74, 6) is 2.00. The third-order valence-corrected chi connectivity index (χ3v) is 5.18. The van der Waals surface area contributed by atoms with E-state index in [1.54, 1.807) is 0 Å². The molecule has 5 heteroatoms. The number of halogens is 1. The molecule has 0 spiro atoms. The number of hydrogen-bond donors (Lipinski definition) is 2. The Labute approximate surface area is 160 Å². The molecule has 2 aliphatic heterocycles. The summed E-state index contributed by atoms with van der Waals surface area (Å²) in [7, 11) is 0. The van der Waals surface area contributed by atoms with Crippen molar-refractivity contribution in [2.75, 3.05) is 5.32 Å². The van der Waals surface area contributed by atoms with Gasteiger partial charge in [-0.1, -0.05) is 30.3 Å². The second-order valence-corrected chi connectivity index (χ2v) is 7.14. The van der Waals surface area contributed by atoms with Crippen LogP contribution in [0.4, 0.5) is 5.69 Å². The largest absolute Gasteiger partial charge is 0.455 e. The molecule has 0 aromatic heterocycles. The fourth-order valence-electron chi connectivity index (χ4n) is 4.08. The van der Waals surface area contributed by atoms with Gasteiger partial charge in [0.1, 0.15) is 5.75 Å². The first kappa shape index (κ1) is 18.7. The van der Waals surface area contributed by atoms with Gasteiger partial charge in [-0.05, 0) is 55.9 Å². The minimum atomic E-state index is 0. The minimum Gasteiger partial charge on any atom is -0.455 e. The van der Waals surface area contributed by atoms with Gasteiger partial charge in [0.2, 0.25) is 5.91 Å². The number of rotatable bonds is 5. The molecular weight excluding hydrogens is 348 g/mol. The van der Waals surface area contributed by atoms with Gasteiger partial charge in [0.25, 0.3) is 0 Å². The summed E-state index contributed by atoms with van der Waals surface area (Å²) in [5, 5.41) is 6.67. The zero-order valence-electron chi connectivity index (χ0n) is 14.7. The highest BCUT2D eigenvalue weighted by Crippen LogP contribution is 2.34. The van der Waals surface area contributed by atoms with Crippen LogP contribution in [0.3, 0.4) is 0 Å². The van der Waals surface area contributed by atoms with Crippen LogP contribution < -0.4 is 15.4 Å². The van der Waals surface area contributed by atoms with Crippen LogP contribution in [0.5, 0.6) is 11.5 Å². The van der Waals surface area contributed by atoms with E-state index < -0.39 is 0 Å². The van der Waals surface area contributed by atoms with Crippen molar-refractivity contribution in [3.63, 3.8) is 0 Å². The number of para-hydroxylation sites is 3. The number of nitrogens with one attached hydrogen (secondary N) is 2. The smallest absolute Gasteiger partial charge is 0.224 e. The van der Waals surface area contributed by atoms with Gasteiger partial charge in [-0.3, -0.25) is 4.79 Å². The molecule has 2 aromatic rings. The van der Waals surface area contributed by atoms with Crippen molar-refractivity contribution >= 4 is 24.0 Å². The van der Waals surface area contributed by atoms with E-state index in [2.05, 4.69) is 10.6 Å². The Morgan fingerprint density at radius 1 is 1.00 bits per heavy atom. The molecule has 0 radical (unpaired) electrons. The van der Waals surface area contributed by atoms with Crippen molar-refractivity contribution in [2.45, 2.75) is 44.2 Å². The predicted molar refractivity (Wildman–Crippen MR) is 106 cm³/mol. The molecule has 1 amide bonds. The molecule has 2 aliphatic rings. The fourth-order valence-corrected chi connectivity index (χ4v) is 4.08. The maximum atomic E-state index is 12.5. The maximum Gasteiger partial charge on any atom is 0.224 e. The Balaban J connectivity index is 0.00000196. The summed E-state index contributed by atoms with van der Waals surface area (Å²) in [6.07, 6.45) is 5.35. The van der Waals surface area contributed by atoms with Crippen LogP contribution >= 0.6 is 12.4 Å². The lowest BCUT2D eigenvalue weighted by Gasteiger charge is -2.28. The number of carbonyl (C=O) groups is 1. The maximum absolute atomic E-state index is 12.5. The molecule has 4 rings (SSSR count). The first-order valence-electron chi connectivity index (χ1n) is 9.14. The average molecular weight is 373 g/mol. The molecule has 4 nitrogen and oxygen atoms in total. The Hall–Kier alpha value is -2.04. The summed E-state index contributed by atoms with van der Waals surface area (Å²) < 4.78 is 5.92. The van der Waals surface area contributed by atoms with E-state index in [1.165, 1.54) is 12.8 Å². The van der Waals surface area contributed by atoms with E-state index in [4.69, 9.17) is 4.74 Å². The van der Waals surface area contributed by atoms with Gasteiger partial charge < -0.3 is 15.4 Å². The number of carbonyl (C=O) groups excluding carboxylic acids is 1. The normalized spacial score (nSPS) is 23.8. The van der Waals surface area contributed by atoms with Crippen molar-refractivity contribution in [3.05, 3.63) is 54.6 Å². The van der Waals surface area contributed by atoms with Gasteiger partial charge in [-0.15, -0.1) is 12.4 Å². The average Bonchev–Trinajstić information content (AvgIpc) is 2.96. The van der Waals surface area contributed by atoms with Crippen LogP contribution in [0.1, 0.15) is 32.1 Å². The quantitative estimate of drug-likeness (QED) is 0.795. The van der Waals surface area contributed by atoms with E-state index in [1.807, 2.05) is 54.6 Å². The number of hydrogen-bond acceptors (Lipinski definition) is 3. The van der Waals surface area contributed by atoms with Gasteiger partial charge in [0.15, 0.2) is 5.75 Å². The number of fused-ring (bicyclic) bond motifs is 2. The highest BCUT2D eigenvalue weighted by atomic mass is 35.5. The lowest BCUT2D eigenvalue weighted by Crippen LogP contribution is -2.39. The molecule has 2 heterocycles. The Morgan fingerprint density at radius 2 is 1.65 bits per heavy atom. The fraction of sp³-hybridized carbons (Fsp3) is 0.381. The van der Waals surface area contributed by atoms with Crippen molar-refractivity contribution in [1.29, 1.82) is 0 Å². The number of anilines is 1. The number of benzene rings is 2. The van der Waals surface area contributed by atoms with Crippen LogP contribution in [-0.2, 0) is 4.79 Å². The Morgan fingerprint density at radius 3 is 2.38 bits per heavy atom. The highest BCUT2D eigenvalue weighted by Gasteiger charge is 2.34. The first-order chi connectivity index (χ1) is 12.3. The SMILES string of the molecule is Cl.O=C(CC1CC2CCC(C1)N2)Nc1ccccc1Oc1ccccc1. The van der Waals surface area contributed by atoms with Crippen molar-refractivity contribution in [3.8, 4) is 11.5 Å². The predicted octanol–water partition coefficient (Wildman–Crippen LogP) is 4.76. The third-order valence-electron chi connectivity index (χ3n) is 5.18. The first-order valence-corrected chi connectivity index (χ1v) is 9.14. The second-order valence-electron chi connectivity index (χ2n) is 7.14. The van der Waals surface area contributed by atoms with Crippen LogP contribution in [0, 0.1) is 5.92 Å². The molecule has 2 bridgehead atoms. The Kier molecular flexibility index (Phi) is 6.17. The van der Waals surface area contributed by atoms with E-state index in [0.717, 1.165) is 24.3 Å². The molecule has 2 fully saturated rings. The molecular formula is C21H25ClN2O2. The molecule has 2 unspecified atom stereocenters. The summed E-state index contributed by atoms with van der Waals surface area (Å²) in [4.78, 5) is 12.5. The van der Waals surface area contributed by atoms with E-state index in [0.29, 0.717) is 30.2 Å². The topological polar surface area (TPSA) is 50.4 Å². The monoisotopic (exact) mass is 372 g/mol. The van der Waals surface area contributed by atoms with Crippen LogP contribution in [0.15, 0.2) is 54.6 Å². The number of ether oxygens (including phenoxy) is 1. The molecule has 0 aliphatic carbocycles. The van der Waals surface area contributed by atoms with E-state index >= 15 is 0 Å². The van der Waals surface area contributed by atoms with Gasteiger partial charge in [0, 0.05) is 18.5 Å². The van der Waals surface area contributed by atoms with Crippen molar-refractivity contribution in [2.24, 2.45) is 5.92 Å². The molecule has 2 atom stereocenters. The third kappa shape index (κ3) is 4.57. The molecule has 0 saturated carbocycles. The molecule has 2 aromatic carbocycles. The van der Waals surface area contributed by atoms with Gasteiger partial charge in [-0.2, -0.15) is 0 Å². The number of piperidine rings is 1. The van der Waals surface area contributed by atoms with E-state index in [9.17, 15) is 4.79 Å². The summed E-state index contributed by atoms with van der Waals surface area (Å²) in [5.41, 5.74) is 0.730. The minimum absolute atomic E-state index is 0. The van der Waals surface area contributed by atoms with E-state index in [-0.39, 0.29) is 18.3 Å². The lowest BCUT2D eigenvalue weighted by molar-refractivity contribution is -0.117. The summed E-state index contributed by atoms with van der Waals surface area (Å²) in [6, 6.07) is 18.5. The van der Waals surface area contributed by atoms with Crippen LogP contribution in [0.25, 0.3) is 0 Å². The highest BCUT2D eigenvalue weighted by molar-refractivity contribution is 5.92. The standard InChI is InChI=1S/C21H24N2O2.ClH/c24-21(14-15-12-16-10-11-17(13-15)22-16)23-19-8-4-5-9-20(19)25-18-6-2-1-3-7-18;/h1-9,15-17,22H,10-14H2,(H,23,24);1H. The molecule has 2 saturated heterocycles. The van der Waals surface area contributed by atoms with Gasteiger partial charge in [0.05, 0.1) is 5.69 Å². The summed E-state index contributed by atoms with van der Waals surface area (Å²) >= 11 is 0. The van der Waals surface area contributed by atoms with Crippen molar-refractivity contribution < 1.29 is 9.53 Å². The van der Waals surface area contributed by atoms with Crippen molar-refractivity contribution in [1.82, 2.24) is 5.32 Å². The second kappa shape index (κ2) is 8.56. The van der Waals surface area contributed by atoms with Crippen LogP contribution in [-0.4, -0.2) is 18.0 Å². The van der Waals surface area contributed by atoms with Gasteiger partial charge >= 0.3 is 0 Å². The van der Waals surface area contributed by atoms with Gasteiger partial charge in [-0.25, -0.2) is 0 Å². The molecule has 2 N–H and O–H groups in total. The zero-order valence-corrected chi connectivity index (χ0v) is 15.5. The number of amides is 1. The Bertz CT molecular complexity index is 726. The summed E-state index contributed by atoms with van der Waals surface area (Å²) in [6.45, 7) is 0. The molecule has 138 valence electrons. The molecule has 26 heavy (non-hydrogen) atoms. The zero-order chi connectivity index (χ0) is 17.1. The van der Waals surface area contributed by atoms with Crippen LogP contribution in [0.2, 0.25) is 0 Å².